The zero-order valence-corrected chi connectivity index (χ0v) is 19.5. The lowest BCUT2D eigenvalue weighted by molar-refractivity contribution is 0.102. The quantitative estimate of drug-likeness (QED) is 0.770. The van der Waals surface area contributed by atoms with Crippen molar-refractivity contribution in [2.24, 2.45) is 0 Å². The molecule has 4 rings (SSSR count). The zero-order valence-electron chi connectivity index (χ0n) is 18.7. The topological polar surface area (TPSA) is 64.1 Å². The Morgan fingerprint density at radius 3 is 2.65 bits per heavy atom. The van der Waals surface area contributed by atoms with Gasteiger partial charge in [0.05, 0.1) is 18.0 Å². The maximum Gasteiger partial charge on any atom is 0.232 e. The molecule has 0 radical (unpaired) electrons. The van der Waals surface area contributed by atoms with Crippen LogP contribution in [0.1, 0.15) is 36.1 Å². The Hall–Kier alpha value is -2.09. The molecule has 1 fully saturated rings. The molecule has 0 aromatic heterocycles. The van der Waals surface area contributed by atoms with E-state index in [2.05, 4.69) is 47.9 Å². The van der Waals surface area contributed by atoms with Crippen LogP contribution in [-0.4, -0.2) is 63.4 Å². The van der Waals surface area contributed by atoms with Crippen molar-refractivity contribution in [1.29, 1.82) is 0 Å². The van der Waals surface area contributed by atoms with Gasteiger partial charge in [-0.25, -0.2) is 8.42 Å². The van der Waals surface area contributed by atoms with E-state index in [1.165, 1.54) is 21.8 Å². The van der Waals surface area contributed by atoms with Crippen LogP contribution in [0.4, 0.5) is 11.4 Å². The summed E-state index contributed by atoms with van der Waals surface area (Å²) < 4.78 is 25.6. The number of hydrogen-bond acceptors (Lipinski definition) is 5. The second kappa shape index (κ2) is 8.81. The van der Waals surface area contributed by atoms with Gasteiger partial charge in [-0.15, -0.1) is 0 Å². The lowest BCUT2D eigenvalue weighted by Crippen LogP contribution is -2.52. The van der Waals surface area contributed by atoms with Crippen LogP contribution in [0.3, 0.4) is 0 Å². The number of nitrogens with zero attached hydrogens (tertiary/aromatic N) is 3. The van der Waals surface area contributed by atoms with E-state index in [4.69, 9.17) is 0 Å². The number of aliphatic hydroxyl groups excluding tert-OH is 1. The molecule has 2 aliphatic heterocycles. The molecule has 0 amide bonds. The van der Waals surface area contributed by atoms with Gasteiger partial charge in [0.25, 0.3) is 0 Å². The van der Waals surface area contributed by atoms with Crippen LogP contribution in [0.5, 0.6) is 0 Å². The van der Waals surface area contributed by atoms with Gasteiger partial charge in [0.15, 0.2) is 0 Å². The first-order chi connectivity index (χ1) is 14.7. The molecule has 6 nitrogen and oxygen atoms in total. The number of benzene rings is 2. The van der Waals surface area contributed by atoms with Gasteiger partial charge < -0.3 is 10.0 Å². The van der Waals surface area contributed by atoms with Crippen LogP contribution in [0, 0.1) is 6.92 Å². The SMILES string of the molecule is Cc1cccc(N2CCN(C[C@H](O)c3ccc4c(c3)CCCN4S(C)(=O)=O)C[C@H]2C)c1. The molecule has 2 aromatic rings. The predicted molar refractivity (Wildman–Crippen MR) is 126 cm³/mol. The summed E-state index contributed by atoms with van der Waals surface area (Å²) in [6.45, 7) is 8.20. The first kappa shape index (κ1) is 22.1. The number of sulfonamides is 1. The highest BCUT2D eigenvalue weighted by Gasteiger charge is 2.27. The smallest absolute Gasteiger partial charge is 0.232 e. The Balaban J connectivity index is 1.42. The van der Waals surface area contributed by atoms with Crippen molar-refractivity contribution in [3.05, 3.63) is 59.2 Å². The van der Waals surface area contributed by atoms with Crippen LogP contribution in [0.15, 0.2) is 42.5 Å². The molecular weight excluding hydrogens is 410 g/mol. The van der Waals surface area contributed by atoms with Gasteiger partial charge in [0.2, 0.25) is 10.0 Å². The van der Waals surface area contributed by atoms with Crippen molar-refractivity contribution < 1.29 is 13.5 Å². The van der Waals surface area contributed by atoms with Gasteiger partial charge in [0.1, 0.15) is 0 Å². The van der Waals surface area contributed by atoms with Gasteiger partial charge in [-0.1, -0.05) is 24.3 Å². The molecule has 2 aliphatic rings. The van der Waals surface area contributed by atoms with Gasteiger partial charge in [-0.2, -0.15) is 0 Å². The first-order valence-electron chi connectivity index (χ1n) is 11.1. The third-order valence-electron chi connectivity index (χ3n) is 6.44. The van der Waals surface area contributed by atoms with Crippen molar-refractivity contribution in [2.75, 3.05) is 48.2 Å². The number of aliphatic hydroxyl groups is 1. The number of hydrogen-bond donors (Lipinski definition) is 1. The highest BCUT2D eigenvalue weighted by molar-refractivity contribution is 7.92. The number of fused-ring (bicyclic) bond motifs is 1. The third-order valence-corrected chi connectivity index (χ3v) is 7.62. The van der Waals surface area contributed by atoms with E-state index in [-0.39, 0.29) is 0 Å². The number of anilines is 2. The first-order valence-corrected chi connectivity index (χ1v) is 12.9. The van der Waals surface area contributed by atoms with Gasteiger partial charge in [0, 0.05) is 44.5 Å². The molecule has 1 N–H and O–H groups in total. The van der Waals surface area contributed by atoms with E-state index in [0.29, 0.717) is 19.1 Å². The van der Waals surface area contributed by atoms with Crippen molar-refractivity contribution in [2.45, 2.75) is 38.8 Å². The van der Waals surface area contributed by atoms with Crippen molar-refractivity contribution in [3.63, 3.8) is 0 Å². The van der Waals surface area contributed by atoms with Crippen molar-refractivity contribution >= 4 is 21.4 Å². The summed E-state index contributed by atoms with van der Waals surface area (Å²) in [5.74, 6) is 0. The molecule has 0 aliphatic carbocycles. The van der Waals surface area contributed by atoms with Gasteiger partial charge in [-0.3, -0.25) is 9.21 Å². The third kappa shape index (κ3) is 4.89. The molecule has 0 saturated carbocycles. The van der Waals surface area contributed by atoms with Crippen LogP contribution >= 0.6 is 0 Å². The summed E-state index contributed by atoms with van der Waals surface area (Å²) in [6.07, 6.45) is 2.31. The molecule has 2 atom stereocenters. The molecule has 1 saturated heterocycles. The average molecular weight is 444 g/mol. The summed E-state index contributed by atoms with van der Waals surface area (Å²) in [5, 5.41) is 10.9. The lowest BCUT2D eigenvalue weighted by Gasteiger charge is -2.42. The fourth-order valence-electron chi connectivity index (χ4n) is 4.87. The number of aryl methyl sites for hydroxylation is 2. The average Bonchev–Trinajstić information content (AvgIpc) is 2.72. The predicted octanol–water partition coefficient (Wildman–Crippen LogP) is 2.95. The molecule has 7 heteroatoms. The Bertz CT molecular complexity index is 1040. The number of piperazine rings is 1. The van der Waals surface area contributed by atoms with E-state index < -0.39 is 16.1 Å². The Morgan fingerprint density at radius 2 is 1.94 bits per heavy atom. The standard InChI is InChI=1S/C24H33N3O3S/c1-18-6-4-8-22(14-18)26-13-12-25(16-19(26)2)17-24(28)21-9-10-23-20(15-21)7-5-11-27(23)31(3,29)30/h4,6,8-10,14-15,19,24,28H,5,7,11-13,16-17H2,1-3H3/t19-,24+/m1/s1. The highest BCUT2D eigenvalue weighted by atomic mass is 32.2. The summed E-state index contributed by atoms with van der Waals surface area (Å²) in [4.78, 5) is 4.76. The monoisotopic (exact) mass is 443 g/mol. The van der Waals surface area contributed by atoms with Crippen LogP contribution < -0.4 is 9.21 Å². The minimum absolute atomic E-state index is 0.370. The van der Waals surface area contributed by atoms with Gasteiger partial charge >= 0.3 is 0 Å². The van der Waals surface area contributed by atoms with E-state index in [1.54, 1.807) is 0 Å². The molecule has 2 aromatic carbocycles. The van der Waals surface area contributed by atoms with E-state index in [1.807, 2.05) is 18.2 Å². The minimum Gasteiger partial charge on any atom is -0.387 e. The van der Waals surface area contributed by atoms with E-state index in [0.717, 1.165) is 49.3 Å². The van der Waals surface area contributed by atoms with E-state index in [9.17, 15) is 13.5 Å². The van der Waals surface area contributed by atoms with E-state index >= 15 is 0 Å². The Morgan fingerprint density at radius 1 is 1.13 bits per heavy atom. The Labute approximate surface area is 186 Å². The second-order valence-corrected chi connectivity index (χ2v) is 10.9. The molecule has 168 valence electrons. The normalized spacial score (nSPS) is 21.1. The fourth-order valence-corrected chi connectivity index (χ4v) is 5.87. The Kier molecular flexibility index (Phi) is 6.28. The molecule has 0 unspecified atom stereocenters. The zero-order chi connectivity index (χ0) is 22.2. The fraction of sp³-hybridized carbons (Fsp3) is 0.500. The molecular formula is C24H33N3O3S. The van der Waals surface area contributed by atoms with Crippen molar-refractivity contribution in [3.8, 4) is 0 Å². The van der Waals surface area contributed by atoms with Crippen molar-refractivity contribution in [1.82, 2.24) is 4.90 Å². The largest absolute Gasteiger partial charge is 0.387 e. The summed E-state index contributed by atoms with van der Waals surface area (Å²) in [7, 11) is -3.27. The molecule has 0 spiro atoms. The molecule has 0 bridgehead atoms. The number of β-amino-alcohol motifs (C(OH)–C–C–N with tert-alkyl or cyclic N) is 1. The highest BCUT2D eigenvalue weighted by Crippen LogP contribution is 2.32. The minimum atomic E-state index is -3.27. The summed E-state index contributed by atoms with van der Waals surface area (Å²) in [5.41, 5.74) is 5.15. The molecule has 31 heavy (non-hydrogen) atoms. The van der Waals surface area contributed by atoms with Crippen LogP contribution in [-0.2, 0) is 16.4 Å². The molecule has 2 heterocycles. The lowest BCUT2D eigenvalue weighted by atomic mass is 9.98. The van der Waals surface area contributed by atoms with Gasteiger partial charge in [-0.05, 0) is 61.6 Å². The van der Waals surface area contributed by atoms with Crippen LogP contribution in [0.2, 0.25) is 0 Å². The number of rotatable bonds is 5. The summed E-state index contributed by atoms with van der Waals surface area (Å²) >= 11 is 0. The summed E-state index contributed by atoms with van der Waals surface area (Å²) in [6, 6.07) is 14.7. The second-order valence-electron chi connectivity index (χ2n) is 8.98. The maximum absolute atomic E-state index is 12.1. The maximum atomic E-state index is 12.1. The van der Waals surface area contributed by atoms with Crippen LogP contribution in [0.25, 0.3) is 0 Å².